The maximum Gasteiger partial charge on any atom is 0.132 e. The number of rotatable bonds is 8. The number of unbranched alkanes of at least 4 members (excludes halogenated alkanes) is 2. The van der Waals surface area contributed by atoms with Gasteiger partial charge in [-0.3, -0.25) is 0 Å². The highest BCUT2D eigenvalue weighted by Gasteiger charge is 2.24. The van der Waals surface area contributed by atoms with Gasteiger partial charge in [0.2, 0.25) is 0 Å². The van der Waals surface area contributed by atoms with Crippen molar-refractivity contribution in [1.29, 1.82) is 0 Å². The van der Waals surface area contributed by atoms with Crippen LogP contribution in [0, 0.1) is 5.82 Å². The molecule has 0 saturated heterocycles. The molecule has 4 rings (SSSR count). The second kappa shape index (κ2) is 9.87. The highest BCUT2D eigenvalue weighted by atomic mass is 19.1. The van der Waals surface area contributed by atoms with Crippen molar-refractivity contribution in [1.82, 2.24) is 0 Å². The molecule has 0 spiro atoms. The molecule has 0 aromatic heterocycles. The molecule has 0 radical (unpaired) electrons. The van der Waals surface area contributed by atoms with Crippen LogP contribution in [0.25, 0.3) is 21.9 Å². The Balaban J connectivity index is 1.63. The molecule has 0 fully saturated rings. The lowest BCUT2D eigenvalue weighted by molar-refractivity contribution is 0.273. The largest absolute Gasteiger partial charge is 0.242 e. The summed E-state index contributed by atoms with van der Waals surface area (Å²) in [6.45, 7) is 2.17. The summed E-state index contributed by atoms with van der Waals surface area (Å²) in [5.41, 5.74) is 3.50. The summed E-state index contributed by atoms with van der Waals surface area (Å²) < 4.78 is 29.5. The minimum absolute atomic E-state index is 0.200. The maximum atomic E-state index is 15.9. The lowest BCUT2D eigenvalue weighted by Crippen LogP contribution is -2.08. The van der Waals surface area contributed by atoms with Crippen LogP contribution < -0.4 is 0 Å². The van der Waals surface area contributed by atoms with Gasteiger partial charge in [-0.15, -0.1) is 0 Å². The monoisotopic (exact) mass is 414 g/mol. The van der Waals surface area contributed by atoms with Crippen LogP contribution in [-0.2, 0) is 0 Å². The quantitative estimate of drug-likeness (QED) is 0.252. The van der Waals surface area contributed by atoms with Gasteiger partial charge in [0, 0.05) is 5.92 Å². The average Bonchev–Trinajstić information content (AvgIpc) is 2.81. The minimum atomic E-state index is -1.07. The Bertz CT molecular complexity index is 1130. The summed E-state index contributed by atoms with van der Waals surface area (Å²) in [4.78, 5) is 0. The van der Waals surface area contributed by atoms with E-state index in [1.54, 1.807) is 6.07 Å². The van der Waals surface area contributed by atoms with Gasteiger partial charge in [0.25, 0.3) is 0 Å². The van der Waals surface area contributed by atoms with Crippen molar-refractivity contribution >= 4 is 10.8 Å². The van der Waals surface area contributed by atoms with Crippen molar-refractivity contribution in [3.05, 3.63) is 108 Å². The number of hydrogen-bond acceptors (Lipinski definition) is 0. The molecule has 2 atom stereocenters. The third-order valence-electron chi connectivity index (χ3n) is 6.06. The molecular formula is C29H28F2. The summed E-state index contributed by atoms with van der Waals surface area (Å²) in [5, 5.41) is 2.19. The molecule has 0 saturated carbocycles. The van der Waals surface area contributed by atoms with Gasteiger partial charge < -0.3 is 0 Å². The van der Waals surface area contributed by atoms with E-state index >= 15 is 4.39 Å². The predicted octanol–water partition coefficient (Wildman–Crippen LogP) is 9.02. The molecule has 0 amide bonds. The van der Waals surface area contributed by atoms with Crippen LogP contribution in [0.2, 0.25) is 0 Å². The first-order valence-electron chi connectivity index (χ1n) is 11.1. The van der Waals surface area contributed by atoms with Gasteiger partial charge in [-0.05, 0) is 57.6 Å². The number of benzene rings is 4. The number of halogens is 2. The van der Waals surface area contributed by atoms with Crippen LogP contribution in [-0.4, -0.2) is 0 Å². The van der Waals surface area contributed by atoms with Gasteiger partial charge in [0.05, 0.1) is 0 Å². The fourth-order valence-electron chi connectivity index (χ4n) is 4.30. The molecule has 4 aromatic carbocycles. The molecule has 31 heavy (non-hydrogen) atoms. The van der Waals surface area contributed by atoms with Crippen molar-refractivity contribution in [3.63, 3.8) is 0 Å². The summed E-state index contributed by atoms with van der Waals surface area (Å²) in [6.07, 6.45) is 2.95. The summed E-state index contributed by atoms with van der Waals surface area (Å²) >= 11 is 0. The smallest absolute Gasteiger partial charge is 0.132 e. The second-order valence-corrected chi connectivity index (χ2v) is 8.24. The zero-order chi connectivity index (χ0) is 21.6. The molecule has 158 valence electrons. The molecule has 0 aliphatic carbocycles. The van der Waals surface area contributed by atoms with Crippen LogP contribution in [0.3, 0.4) is 0 Å². The van der Waals surface area contributed by atoms with Crippen LogP contribution in [0.4, 0.5) is 8.78 Å². The molecule has 0 bridgehead atoms. The molecule has 0 nitrogen and oxygen atoms in total. The number of fused-ring (bicyclic) bond motifs is 1. The van der Waals surface area contributed by atoms with Crippen molar-refractivity contribution in [3.8, 4) is 11.1 Å². The van der Waals surface area contributed by atoms with Crippen LogP contribution in [0.5, 0.6) is 0 Å². The van der Waals surface area contributed by atoms with Gasteiger partial charge in [0.15, 0.2) is 0 Å². The maximum absolute atomic E-state index is 15.9. The molecule has 2 unspecified atom stereocenters. The van der Waals surface area contributed by atoms with Gasteiger partial charge in [-0.2, -0.15) is 0 Å². The average molecular weight is 415 g/mol. The molecule has 4 aromatic rings. The molecule has 0 aliphatic rings. The molecular weight excluding hydrogens is 386 g/mol. The predicted molar refractivity (Wildman–Crippen MR) is 127 cm³/mol. The van der Waals surface area contributed by atoms with Crippen LogP contribution >= 0.6 is 0 Å². The third kappa shape index (κ3) is 5.02. The Morgan fingerprint density at radius 2 is 1.42 bits per heavy atom. The van der Waals surface area contributed by atoms with Crippen molar-refractivity contribution in [2.24, 2.45) is 0 Å². The van der Waals surface area contributed by atoms with E-state index in [2.05, 4.69) is 13.0 Å². The Morgan fingerprint density at radius 1 is 0.677 bits per heavy atom. The van der Waals surface area contributed by atoms with Crippen molar-refractivity contribution in [2.75, 3.05) is 0 Å². The third-order valence-corrected chi connectivity index (χ3v) is 6.06. The van der Waals surface area contributed by atoms with Crippen LogP contribution in [0.15, 0.2) is 91.0 Å². The van der Waals surface area contributed by atoms with E-state index < -0.39 is 6.17 Å². The second-order valence-electron chi connectivity index (χ2n) is 8.24. The van der Waals surface area contributed by atoms with E-state index in [9.17, 15) is 4.39 Å². The Kier molecular flexibility index (Phi) is 6.76. The van der Waals surface area contributed by atoms with E-state index in [0.29, 0.717) is 0 Å². The minimum Gasteiger partial charge on any atom is -0.242 e. The molecule has 0 aliphatic heterocycles. The lowest BCUT2D eigenvalue weighted by Gasteiger charge is -2.23. The first-order valence-corrected chi connectivity index (χ1v) is 11.1. The Morgan fingerprint density at radius 3 is 2.16 bits per heavy atom. The van der Waals surface area contributed by atoms with Gasteiger partial charge in [0.1, 0.15) is 12.0 Å². The molecule has 0 N–H and O–H groups in total. The highest BCUT2D eigenvalue weighted by Crippen LogP contribution is 2.39. The summed E-state index contributed by atoms with van der Waals surface area (Å²) in [7, 11) is 0. The first-order chi connectivity index (χ1) is 15.2. The first kappa shape index (κ1) is 21.2. The van der Waals surface area contributed by atoms with E-state index in [4.69, 9.17) is 0 Å². The molecule has 0 heterocycles. The SMILES string of the molecule is CCCCCC(c1ccc(-c2cccc(F)c2)cc1)C(F)c1ccc2ccccc2c1. The topological polar surface area (TPSA) is 0 Å². The summed E-state index contributed by atoms with van der Waals surface area (Å²) in [5.74, 6) is -0.451. The van der Waals surface area contributed by atoms with Gasteiger partial charge in [-0.25, -0.2) is 8.78 Å². The fourth-order valence-corrected chi connectivity index (χ4v) is 4.30. The highest BCUT2D eigenvalue weighted by molar-refractivity contribution is 5.83. The Hall–Kier alpha value is -3.00. The van der Waals surface area contributed by atoms with Crippen molar-refractivity contribution in [2.45, 2.75) is 44.7 Å². The standard InChI is InChI=1S/C29H28F2/c1-2-3-4-12-28(29(31)26-18-15-21-8-5-6-9-24(21)19-26)23-16-13-22(14-17-23)25-10-7-11-27(30)20-25/h5-11,13-20,28-29H,2-4,12H2,1H3. The lowest BCUT2D eigenvalue weighted by atomic mass is 9.85. The van der Waals surface area contributed by atoms with Gasteiger partial charge in [-0.1, -0.05) is 99.0 Å². The zero-order valence-corrected chi connectivity index (χ0v) is 17.9. The normalized spacial score (nSPS) is 13.3. The van der Waals surface area contributed by atoms with E-state index in [1.165, 1.54) is 12.1 Å². The Labute approximate surface area is 183 Å². The number of hydrogen-bond donors (Lipinski definition) is 0. The van der Waals surface area contributed by atoms with Gasteiger partial charge >= 0.3 is 0 Å². The zero-order valence-electron chi connectivity index (χ0n) is 17.9. The number of alkyl halides is 1. The fraction of sp³-hybridized carbons (Fsp3) is 0.241. The molecule has 2 heteroatoms. The van der Waals surface area contributed by atoms with E-state index in [0.717, 1.165) is 58.7 Å². The van der Waals surface area contributed by atoms with Crippen LogP contribution in [0.1, 0.15) is 55.8 Å². The van der Waals surface area contributed by atoms with E-state index in [1.807, 2.05) is 66.7 Å². The summed E-state index contributed by atoms with van der Waals surface area (Å²) in [6, 6.07) is 28.5. The van der Waals surface area contributed by atoms with Crippen molar-refractivity contribution < 1.29 is 8.78 Å². The van der Waals surface area contributed by atoms with E-state index in [-0.39, 0.29) is 11.7 Å².